The van der Waals surface area contributed by atoms with Gasteiger partial charge >= 0.3 is 6.18 Å². The quantitative estimate of drug-likeness (QED) is 0.496. The fraction of sp³-hybridized carbons (Fsp3) is 0.105. The maximum absolute atomic E-state index is 12.4. The first-order valence-corrected chi connectivity index (χ1v) is 10.2. The van der Waals surface area contributed by atoms with E-state index in [1.807, 2.05) is 10.3 Å². The zero-order valence-corrected chi connectivity index (χ0v) is 16.4. The van der Waals surface area contributed by atoms with Crippen molar-refractivity contribution in [3.63, 3.8) is 0 Å². The summed E-state index contributed by atoms with van der Waals surface area (Å²) < 4.78 is 61.5. The molecule has 0 aliphatic heterocycles. The van der Waals surface area contributed by atoms with Gasteiger partial charge in [-0.1, -0.05) is 30.3 Å². The van der Waals surface area contributed by atoms with Crippen LogP contribution < -0.4 is 15.6 Å². The monoisotopic (exact) mass is 452 g/mol. The van der Waals surface area contributed by atoms with Gasteiger partial charge in [0.15, 0.2) is 0 Å². The summed E-state index contributed by atoms with van der Waals surface area (Å²) >= 11 is 0. The molecule has 1 heterocycles. The zero-order valence-electron chi connectivity index (χ0n) is 15.6. The minimum Gasteiger partial charge on any atom is -0.343 e. The molecule has 0 saturated heterocycles. The van der Waals surface area contributed by atoms with Gasteiger partial charge in [0.25, 0.3) is 21.8 Å². The molecule has 2 amide bonds. The second kappa shape index (κ2) is 8.70. The Bertz CT molecular complexity index is 1250. The first kappa shape index (κ1) is 22.2. The highest BCUT2D eigenvalue weighted by molar-refractivity contribution is 7.89. The second-order valence-corrected chi connectivity index (χ2v) is 7.96. The van der Waals surface area contributed by atoms with Crippen molar-refractivity contribution in [1.29, 1.82) is 0 Å². The van der Waals surface area contributed by atoms with E-state index in [0.29, 0.717) is 5.52 Å². The molecule has 31 heavy (non-hydrogen) atoms. The average molecular weight is 452 g/mol. The lowest BCUT2D eigenvalue weighted by Crippen LogP contribution is -2.42. The van der Waals surface area contributed by atoms with Crippen molar-refractivity contribution in [2.75, 3.05) is 6.54 Å². The molecule has 1 aromatic heterocycles. The van der Waals surface area contributed by atoms with E-state index in [4.69, 9.17) is 0 Å². The predicted molar refractivity (Wildman–Crippen MR) is 104 cm³/mol. The lowest BCUT2D eigenvalue weighted by Gasteiger charge is -2.11. The third-order valence-corrected chi connectivity index (χ3v) is 5.23. The number of pyridine rings is 1. The van der Waals surface area contributed by atoms with Gasteiger partial charge in [-0.25, -0.2) is 13.4 Å². The number of para-hydroxylation sites is 1. The number of rotatable bonds is 6. The highest BCUT2D eigenvalue weighted by Crippen LogP contribution is 2.15. The first-order valence-electron chi connectivity index (χ1n) is 8.68. The number of nitrogens with one attached hydrogen (secondary N) is 3. The number of halogens is 3. The van der Waals surface area contributed by atoms with Gasteiger partial charge < -0.3 is 5.32 Å². The average Bonchev–Trinajstić information content (AvgIpc) is 2.75. The molecule has 0 fully saturated rings. The van der Waals surface area contributed by atoms with Gasteiger partial charge in [0.05, 0.1) is 10.4 Å². The van der Waals surface area contributed by atoms with Gasteiger partial charge in [-0.3, -0.25) is 15.0 Å². The van der Waals surface area contributed by atoms with Crippen LogP contribution in [0.5, 0.6) is 0 Å². The summed E-state index contributed by atoms with van der Waals surface area (Å²) in [6.07, 6.45) is -4.61. The lowest BCUT2D eigenvalue weighted by molar-refractivity contribution is -0.123. The number of hydrogen-bond acceptors (Lipinski definition) is 5. The number of benzene rings is 2. The van der Waals surface area contributed by atoms with Crippen LogP contribution in [-0.4, -0.2) is 37.9 Å². The molecule has 2 aromatic carbocycles. The van der Waals surface area contributed by atoms with E-state index >= 15 is 0 Å². The number of carbonyl (C=O) groups excluding carboxylic acids is 2. The Kier molecular flexibility index (Phi) is 6.22. The Hall–Kier alpha value is -3.51. The maximum atomic E-state index is 12.4. The summed E-state index contributed by atoms with van der Waals surface area (Å²) in [5.41, 5.74) is 2.21. The molecule has 0 unspecified atom stereocenters. The van der Waals surface area contributed by atoms with Gasteiger partial charge in [0.2, 0.25) is 0 Å². The summed E-state index contributed by atoms with van der Waals surface area (Å²) in [6, 6.07) is 14.4. The number of hydrazine groups is 1. The van der Waals surface area contributed by atoms with E-state index in [-0.39, 0.29) is 11.3 Å². The van der Waals surface area contributed by atoms with E-state index in [9.17, 15) is 31.2 Å². The van der Waals surface area contributed by atoms with Gasteiger partial charge in [-0.15, -0.1) is 4.83 Å². The number of aromatic nitrogens is 1. The Balaban J connectivity index is 1.70. The Morgan fingerprint density at radius 3 is 2.42 bits per heavy atom. The van der Waals surface area contributed by atoms with Crippen molar-refractivity contribution in [3.05, 3.63) is 71.9 Å². The van der Waals surface area contributed by atoms with E-state index in [1.165, 1.54) is 12.1 Å². The minimum atomic E-state index is -4.61. The lowest BCUT2D eigenvalue weighted by atomic mass is 10.2. The molecule has 3 N–H and O–H groups in total. The van der Waals surface area contributed by atoms with Crippen molar-refractivity contribution in [3.8, 4) is 0 Å². The summed E-state index contributed by atoms with van der Waals surface area (Å²) in [6.45, 7) is -1.56. The molecule has 0 aliphatic rings. The van der Waals surface area contributed by atoms with Crippen molar-refractivity contribution in [1.82, 2.24) is 20.6 Å². The number of hydrogen-bond donors (Lipinski definition) is 3. The second-order valence-electron chi connectivity index (χ2n) is 6.27. The number of nitrogens with zero attached hydrogens (tertiary/aromatic N) is 1. The number of amides is 2. The highest BCUT2D eigenvalue weighted by Gasteiger charge is 2.28. The van der Waals surface area contributed by atoms with Crippen molar-refractivity contribution < 1.29 is 31.2 Å². The summed E-state index contributed by atoms with van der Waals surface area (Å²) in [5.74, 6) is -1.92. The Morgan fingerprint density at radius 2 is 1.68 bits per heavy atom. The molecular formula is C19H15F3N4O4S. The standard InChI is InChI=1S/C19H15F3N4O4S/c20-19(21,22)11-23-17(27)13-5-3-6-14(10-13)31(29,30)26-25-18(28)16-9-8-12-4-1-2-7-15(12)24-16/h1-10,26H,11H2,(H,23,27)(H,25,28). The molecule has 0 aliphatic carbocycles. The van der Waals surface area contributed by atoms with Gasteiger partial charge in [0, 0.05) is 10.9 Å². The summed E-state index contributed by atoms with van der Waals surface area (Å²) in [4.78, 5) is 29.6. The normalized spacial score (nSPS) is 11.8. The molecule has 0 radical (unpaired) electrons. The molecule has 3 aromatic rings. The van der Waals surface area contributed by atoms with Crippen LogP contribution in [0, 0.1) is 0 Å². The number of fused-ring (bicyclic) bond motifs is 1. The summed E-state index contributed by atoms with van der Waals surface area (Å²) in [5, 5.41) is 2.44. The largest absolute Gasteiger partial charge is 0.405 e. The topological polar surface area (TPSA) is 117 Å². The summed E-state index contributed by atoms with van der Waals surface area (Å²) in [7, 11) is -4.32. The first-order chi connectivity index (χ1) is 14.5. The molecule has 8 nitrogen and oxygen atoms in total. The zero-order chi connectivity index (χ0) is 22.6. The van der Waals surface area contributed by atoms with Crippen molar-refractivity contribution in [2.45, 2.75) is 11.1 Å². The van der Waals surface area contributed by atoms with Gasteiger partial charge in [-0.2, -0.15) is 13.2 Å². The van der Waals surface area contributed by atoms with Crippen LogP contribution in [0.3, 0.4) is 0 Å². The molecule has 0 spiro atoms. The molecule has 0 bridgehead atoms. The van der Waals surface area contributed by atoms with Gasteiger partial charge in [-0.05, 0) is 30.3 Å². The molecule has 0 atom stereocenters. The number of alkyl halides is 3. The van der Waals surface area contributed by atoms with E-state index < -0.39 is 39.5 Å². The molecule has 0 saturated carbocycles. The van der Waals surface area contributed by atoms with E-state index in [1.54, 1.807) is 35.6 Å². The van der Waals surface area contributed by atoms with Crippen LogP contribution in [0.25, 0.3) is 10.9 Å². The minimum absolute atomic E-state index is 0.0401. The van der Waals surface area contributed by atoms with Crippen LogP contribution in [0.4, 0.5) is 13.2 Å². The van der Waals surface area contributed by atoms with Crippen LogP contribution in [0.2, 0.25) is 0 Å². The van der Waals surface area contributed by atoms with E-state index in [2.05, 4.69) is 4.98 Å². The van der Waals surface area contributed by atoms with Crippen molar-refractivity contribution in [2.24, 2.45) is 0 Å². The van der Waals surface area contributed by atoms with Crippen LogP contribution in [-0.2, 0) is 10.0 Å². The van der Waals surface area contributed by atoms with E-state index in [0.717, 1.165) is 23.6 Å². The fourth-order valence-corrected chi connectivity index (χ4v) is 3.40. The Morgan fingerprint density at radius 1 is 0.935 bits per heavy atom. The maximum Gasteiger partial charge on any atom is 0.405 e. The SMILES string of the molecule is O=C(NCC(F)(F)F)c1cccc(S(=O)(=O)NNC(=O)c2ccc3ccccc3n2)c1. The Labute approximate surface area is 174 Å². The number of carbonyl (C=O) groups is 2. The molecule has 162 valence electrons. The van der Waals surface area contributed by atoms with Gasteiger partial charge in [0.1, 0.15) is 12.2 Å². The molecule has 3 rings (SSSR count). The third-order valence-electron chi connectivity index (χ3n) is 3.99. The molecule has 12 heteroatoms. The highest BCUT2D eigenvalue weighted by atomic mass is 32.2. The van der Waals surface area contributed by atoms with Crippen molar-refractivity contribution >= 4 is 32.7 Å². The smallest absolute Gasteiger partial charge is 0.343 e. The molecular weight excluding hydrogens is 437 g/mol. The van der Waals surface area contributed by atoms with Crippen LogP contribution >= 0.6 is 0 Å². The third kappa shape index (κ3) is 5.77. The van der Waals surface area contributed by atoms with Crippen LogP contribution in [0.15, 0.2) is 65.6 Å². The fourth-order valence-electron chi connectivity index (χ4n) is 2.52. The van der Waals surface area contributed by atoms with Crippen LogP contribution in [0.1, 0.15) is 20.8 Å². The predicted octanol–water partition coefficient (Wildman–Crippen LogP) is 2.15. The number of sulfonamides is 1.